The molecule has 0 saturated carbocycles. The average molecular weight is 453 g/mol. The molecule has 0 spiro atoms. The second-order valence-corrected chi connectivity index (χ2v) is 7.22. The summed E-state index contributed by atoms with van der Waals surface area (Å²) in [6.45, 7) is 0. The number of hydrogen-bond donors (Lipinski definition) is 0. The SMILES string of the molecule is O=C(CCC(F)(F)F)Cc1cccc(-c2cnc3cc(C=NOc4ncccn4)ccn23)c1. The molecule has 168 valence electrons. The Hall–Kier alpha value is -4.08. The predicted octanol–water partition coefficient (Wildman–Crippen LogP) is 4.66. The van der Waals surface area contributed by atoms with E-state index < -0.39 is 24.8 Å². The van der Waals surface area contributed by atoms with Crippen LogP contribution in [0, 0.1) is 0 Å². The summed E-state index contributed by atoms with van der Waals surface area (Å²) in [5, 5.41) is 3.86. The van der Waals surface area contributed by atoms with E-state index >= 15 is 0 Å². The zero-order valence-corrected chi connectivity index (χ0v) is 17.2. The highest BCUT2D eigenvalue weighted by Gasteiger charge is 2.27. The third-order valence-electron chi connectivity index (χ3n) is 4.73. The molecule has 7 nitrogen and oxygen atoms in total. The van der Waals surface area contributed by atoms with Crippen LogP contribution in [-0.4, -0.2) is 37.5 Å². The van der Waals surface area contributed by atoms with E-state index in [2.05, 4.69) is 20.1 Å². The number of fused-ring (bicyclic) bond motifs is 1. The number of halogens is 3. The first-order valence-electron chi connectivity index (χ1n) is 10.00. The van der Waals surface area contributed by atoms with Crippen molar-refractivity contribution < 1.29 is 22.8 Å². The van der Waals surface area contributed by atoms with Crippen LogP contribution in [0.2, 0.25) is 0 Å². The quantitative estimate of drug-likeness (QED) is 0.286. The highest BCUT2D eigenvalue weighted by atomic mass is 19.4. The van der Waals surface area contributed by atoms with E-state index in [1.807, 2.05) is 28.8 Å². The summed E-state index contributed by atoms with van der Waals surface area (Å²) in [5.74, 6) is -0.449. The van der Waals surface area contributed by atoms with Crippen LogP contribution in [0.1, 0.15) is 24.0 Å². The molecule has 0 saturated heterocycles. The van der Waals surface area contributed by atoms with Crippen LogP contribution in [0.15, 0.2) is 72.4 Å². The number of rotatable bonds is 8. The molecule has 0 fully saturated rings. The smallest absolute Gasteiger partial charge is 0.315 e. The first kappa shape index (κ1) is 22.1. The van der Waals surface area contributed by atoms with Gasteiger partial charge in [-0.1, -0.05) is 23.4 Å². The average Bonchev–Trinajstić information content (AvgIpc) is 3.22. The van der Waals surface area contributed by atoms with Crippen molar-refractivity contribution in [3.05, 3.63) is 78.4 Å². The van der Waals surface area contributed by atoms with E-state index in [0.717, 1.165) is 16.8 Å². The minimum Gasteiger partial charge on any atom is -0.315 e. The molecule has 3 heterocycles. The van der Waals surface area contributed by atoms with Gasteiger partial charge in [0.05, 0.1) is 24.5 Å². The van der Waals surface area contributed by atoms with Gasteiger partial charge in [0.25, 0.3) is 0 Å². The molecule has 33 heavy (non-hydrogen) atoms. The molecule has 0 radical (unpaired) electrons. The molecule has 0 aliphatic heterocycles. The van der Waals surface area contributed by atoms with Gasteiger partial charge in [0.1, 0.15) is 11.4 Å². The van der Waals surface area contributed by atoms with Gasteiger partial charge < -0.3 is 4.84 Å². The van der Waals surface area contributed by atoms with Gasteiger partial charge >= 0.3 is 12.2 Å². The van der Waals surface area contributed by atoms with Crippen molar-refractivity contribution in [2.75, 3.05) is 0 Å². The molecule has 1 aromatic carbocycles. The first-order chi connectivity index (χ1) is 15.9. The van der Waals surface area contributed by atoms with E-state index in [4.69, 9.17) is 4.84 Å². The van der Waals surface area contributed by atoms with Crippen LogP contribution < -0.4 is 4.84 Å². The van der Waals surface area contributed by atoms with Crippen molar-refractivity contribution in [2.24, 2.45) is 5.16 Å². The van der Waals surface area contributed by atoms with Crippen molar-refractivity contribution in [1.82, 2.24) is 19.4 Å². The number of hydrogen-bond acceptors (Lipinski definition) is 6. The number of aromatic nitrogens is 4. The lowest BCUT2D eigenvalue weighted by molar-refractivity contribution is -0.143. The Bertz CT molecular complexity index is 1290. The van der Waals surface area contributed by atoms with Gasteiger partial charge in [0.15, 0.2) is 0 Å². The number of Topliss-reactive ketones (excluding diaryl/α,β-unsaturated/α-hetero) is 1. The topological polar surface area (TPSA) is 81.7 Å². The standard InChI is InChI=1S/C23H18F3N5O2/c24-23(25,26)7-5-19(32)12-16-3-1-4-18(11-16)20-15-29-21-13-17(6-10-31(20)21)14-30-33-22-27-8-2-9-28-22/h1-4,6,8-11,13-15H,5,7,12H2. The van der Waals surface area contributed by atoms with Crippen LogP contribution in [0.5, 0.6) is 6.01 Å². The Morgan fingerprint density at radius 1 is 1.09 bits per heavy atom. The summed E-state index contributed by atoms with van der Waals surface area (Å²) >= 11 is 0. The fourth-order valence-electron chi connectivity index (χ4n) is 3.20. The summed E-state index contributed by atoms with van der Waals surface area (Å²) in [7, 11) is 0. The van der Waals surface area contributed by atoms with E-state index in [9.17, 15) is 18.0 Å². The fraction of sp³-hybridized carbons (Fsp3) is 0.174. The highest BCUT2D eigenvalue weighted by Crippen LogP contribution is 2.24. The number of oxime groups is 1. The predicted molar refractivity (Wildman–Crippen MR) is 115 cm³/mol. The lowest BCUT2D eigenvalue weighted by Gasteiger charge is -2.07. The monoisotopic (exact) mass is 453 g/mol. The Kier molecular flexibility index (Phi) is 6.43. The maximum Gasteiger partial charge on any atom is 0.389 e. The van der Waals surface area contributed by atoms with Crippen molar-refractivity contribution in [3.63, 3.8) is 0 Å². The normalized spacial score (nSPS) is 11.8. The van der Waals surface area contributed by atoms with Gasteiger partial charge in [-0.3, -0.25) is 9.20 Å². The van der Waals surface area contributed by atoms with Crippen molar-refractivity contribution in [3.8, 4) is 17.3 Å². The molecule has 3 aromatic heterocycles. The highest BCUT2D eigenvalue weighted by molar-refractivity contribution is 5.82. The summed E-state index contributed by atoms with van der Waals surface area (Å²) in [5.41, 5.74) is 3.65. The maximum absolute atomic E-state index is 12.3. The summed E-state index contributed by atoms with van der Waals surface area (Å²) in [4.78, 5) is 29.3. The number of nitrogens with zero attached hydrogens (tertiary/aromatic N) is 5. The van der Waals surface area contributed by atoms with Gasteiger partial charge in [-0.25, -0.2) is 15.0 Å². The van der Waals surface area contributed by atoms with Crippen LogP contribution in [0.25, 0.3) is 16.9 Å². The molecule has 0 N–H and O–H groups in total. The van der Waals surface area contributed by atoms with Gasteiger partial charge in [-0.15, -0.1) is 0 Å². The van der Waals surface area contributed by atoms with E-state index in [1.165, 1.54) is 6.21 Å². The molecular weight excluding hydrogens is 435 g/mol. The van der Waals surface area contributed by atoms with Crippen LogP contribution in [0.4, 0.5) is 13.2 Å². The lowest BCUT2D eigenvalue weighted by Crippen LogP contribution is -2.12. The summed E-state index contributed by atoms with van der Waals surface area (Å²) in [6, 6.07) is 12.6. The van der Waals surface area contributed by atoms with E-state index in [0.29, 0.717) is 11.2 Å². The number of pyridine rings is 1. The number of carbonyl (C=O) groups excluding carboxylic acids is 1. The van der Waals surface area contributed by atoms with Crippen molar-refractivity contribution >= 4 is 17.6 Å². The second kappa shape index (κ2) is 9.60. The van der Waals surface area contributed by atoms with Crippen LogP contribution in [0.3, 0.4) is 0 Å². The third kappa shape index (κ3) is 6.00. The van der Waals surface area contributed by atoms with Crippen molar-refractivity contribution in [2.45, 2.75) is 25.4 Å². The van der Waals surface area contributed by atoms with Crippen LogP contribution >= 0.6 is 0 Å². The van der Waals surface area contributed by atoms with E-state index in [1.54, 1.807) is 42.9 Å². The van der Waals surface area contributed by atoms with Gasteiger partial charge in [0.2, 0.25) is 0 Å². The molecule has 0 aliphatic carbocycles. The Morgan fingerprint density at radius 2 is 1.91 bits per heavy atom. The van der Waals surface area contributed by atoms with Gasteiger partial charge in [-0.2, -0.15) is 13.2 Å². The molecule has 0 atom stereocenters. The molecule has 0 aliphatic rings. The van der Waals surface area contributed by atoms with Gasteiger partial charge in [0, 0.05) is 42.6 Å². The summed E-state index contributed by atoms with van der Waals surface area (Å²) in [6.07, 6.45) is 2.10. The Balaban J connectivity index is 1.47. The molecular formula is C23H18F3N5O2. The van der Waals surface area contributed by atoms with Gasteiger partial charge in [-0.05, 0) is 29.8 Å². The molecule has 4 rings (SSSR count). The minimum atomic E-state index is -4.33. The third-order valence-corrected chi connectivity index (χ3v) is 4.73. The number of imidazole rings is 1. The first-order valence-corrected chi connectivity index (χ1v) is 10.00. The minimum absolute atomic E-state index is 0.0492. The fourth-order valence-corrected chi connectivity index (χ4v) is 3.20. The molecule has 0 unspecified atom stereocenters. The number of carbonyl (C=O) groups is 1. The largest absolute Gasteiger partial charge is 0.389 e. The Labute approximate surface area is 186 Å². The molecule has 4 aromatic rings. The number of ketones is 1. The molecule has 0 amide bonds. The number of benzene rings is 1. The maximum atomic E-state index is 12.3. The summed E-state index contributed by atoms with van der Waals surface area (Å²) < 4.78 is 38.9. The molecule has 10 heteroatoms. The lowest BCUT2D eigenvalue weighted by atomic mass is 10.0. The molecule has 0 bridgehead atoms. The van der Waals surface area contributed by atoms with E-state index in [-0.39, 0.29) is 12.4 Å². The zero-order valence-electron chi connectivity index (χ0n) is 17.2. The van der Waals surface area contributed by atoms with Crippen molar-refractivity contribution in [1.29, 1.82) is 0 Å². The Morgan fingerprint density at radius 3 is 2.70 bits per heavy atom. The van der Waals surface area contributed by atoms with Crippen LogP contribution in [-0.2, 0) is 11.2 Å². The second-order valence-electron chi connectivity index (χ2n) is 7.22. The number of alkyl halides is 3. The zero-order chi connectivity index (χ0) is 23.3.